The van der Waals surface area contributed by atoms with E-state index in [2.05, 4.69) is 0 Å². The molecule has 2 aromatic rings. The molecule has 0 radical (unpaired) electrons. The zero-order valence-corrected chi connectivity index (χ0v) is 11.4. The summed E-state index contributed by atoms with van der Waals surface area (Å²) < 4.78 is 18.3. The number of ether oxygens (including phenoxy) is 1. The average molecular weight is 281 g/mol. The first-order valence-electron chi connectivity index (χ1n) is 5.81. The molecule has 4 heteroatoms. The third-order valence-electron chi connectivity index (χ3n) is 3.03. The topological polar surface area (TPSA) is 29.5 Å². The number of methoxy groups -OCH3 is 1. The molecule has 0 heterocycles. The molecule has 19 heavy (non-hydrogen) atoms. The molecule has 100 valence electrons. The van der Waals surface area contributed by atoms with Crippen molar-refractivity contribution in [3.8, 4) is 5.75 Å². The van der Waals surface area contributed by atoms with E-state index in [9.17, 15) is 9.50 Å². The van der Waals surface area contributed by atoms with Gasteiger partial charge in [0.2, 0.25) is 0 Å². The van der Waals surface area contributed by atoms with Gasteiger partial charge in [-0.05, 0) is 42.3 Å². The lowest BCUT2D eigenvalue weighted by atomic mass is 9.96. The van der Waals surface area contributed by atoms with Crippen LogP contribution in [0.1, 0.15) is 22.8 Å². The number of hydrogen-bond donors (Lipinski definition) is 1. The maximum Gasteiger partial charge on any atom is 0.126 e. The van der Waals surface area contributed by atoms with Gasteiger partial charge < -0.3 is 9.84 Å². The molecule has 0 aliphatic rings. The smallest absolute Gasteiger partial charge is 0.126 e. The molecule has 2 nitrogen and oxygen atoms in total. The minimum Gasteiger partial charge on any atom is -0.496 e. The highest BCUT2D eigenvalue weighted by Crippen LogP contribution is 2.36. The van der Waals surface area contributed by atoms with E-state index < -0.39 is 6.10 Å². The van der Waals surface area contributed by atoms with Crippen LogP contribution in [0.4, 0.5) is 4.39 Å². The highest BCUT2D eigenvalue weighted by molar-refractivity contribution is 6.31. The van der Waals surface area contributed by atoms with Crippen molar-refractivity contribution in [1.82, 2.24) is 0 Å². The van der Waals surface area contributed by atoms with Crippen LogP contribution in [0.2, 0.25) is 5.02 Å². The summed E-state index contributed by atoms with van der Waals surface area (Å²) in [6.07, 6.45) is -0.954. The van der Waals surface area contributed by atoms with Crippen molar-refractivity contribution in [3.63, 3.8) is 0 Å². The molecule has 0 amide bonds. The Morgan fingerprint density at radius 2 is 2.00 bits per heavy atom. The zero-order valence-electron chi connectivity index (χ0n) is 10.7. The molecule has 1 unspecified atom stereocenters. The van der Waals surface area contributed by atoms with Crippen molar-refractivity contribution in [3.05, 3.63) is 63.9 Å². The molecule has 2 aromatic carbocycles. The molecule has 0 aliphatic heterocycles. The second-order valence-electron chi connectivity index (χ2n) is 4.26. The Kier molecular flexibility index (Phi) is 4.08. The van der Waals surface area contributed by atoms with E-state index in [1.54, 1.807) is 31.2 Å². The molecule has 1 N–H and O–H groups in total. The van der Waals surface area contributed by atoms with Crippen LogP contribution in [0.15, 0.2) is 36.4 Å². The van der Waals surface area contributed by atoms with Crippen LogP contribution >= 0.6 is 11.6 Å². The third kappa shape index (κ3) is 2.72. The Balaban J connectivity index is 2.52. The molecule has 1 atom stereocenters. The Hall–Kier alpha value is -1.58. The second-order valence-corrected chi connectivity index (χ2v) is 4.67. The summed E-state index contributed by atoms with van der Waals surface area (Å²) in [5.74, 6) is 0.170. The largest absolute Gasteiger partial charge is 0.496 e. The summed E-state index contributed by atoms with van der Waals surface area (Å²) in [5.41, 5.74) is 1.75. The zero-order chi connectivity index (χ0) is 14.0. The number of aryl methyl sites for hydroxylation is 1. The number of aliphatic hydroxyl groups is 1. The van der Waals surface area contributed by atoms with Gasteiger partial charge in [-0.1, -0.05) is 23.7 Å². The van der Waals surface area contributed by atoms with Crippen molar-refractivity contribution in [2.75, 3.05) is 7.11 Å². The van der Waals surface area contributed by atoms with E-state index in [0.717, 1.165) is 0 Å². The summed E-state index contributed by atoms with van der Waals surface area (Å²) >= 11 is 6.12. The van der Waals surface area contributed by atoms with Gasteiger partial charge in [0.25, 0.3) is 0 Å². The van der Waals surface area contributed by atoms with Gasteiger partial charge in [-0.2, -0.15) is 0 Å². The number of benzene rings is 2. The molecular formula is C15H14ClFO2. The normalized spacial score (nSPS) is 12.3. The molecule has 0 aliphatic carbocycles. The van der Waals surface area contributed by atoms with Crippen LogP contribution in [-0.4, -0.2) is 12.2 Å². The van der Waals surface area contributed by atoms with Crippen LogP contribution in [0.3, 0.4) is 0 Å². The summed E-state index contributed by atoms with van der Waals surface area (Å²) in [4.78, 5) is 0. The minimum absolute atomic E-state index is 0.334. The van der Waals surface area contributed by atoms with Gasteiger partial charge in [0.05, 0.1) is 12.1 Å². The first-order chi connectivity index (χ1) is 9.04. The van der Waals surface area contributed by atoms with Gasteiger partial charge >= 0.3 is 0 Å². The number of hydrogen-bond acceptors (Lipinski definition) is 2. The summed E-state index contributed by atoms with van der Waals surface area (Å²) in [7, 11) is 1.51. The fraction of sp³-hybridized carbons (Fsp3) is 0.200. The van der Waals surface area contributed by atoms with E-state index in [4.69, 9.17) is 16.3 Å². The predicted octanol–water partition coefficient (Wildman–Crippen LogP) is 3.88. The number of rotatable bonds is 3. The van der Waals surface area contributed by atoms with Gasteiger partial charge in [0.15, 0.2) is 0 Å². The fourth-order valence-electron chi connectivity index (χ4n) is 2.06. The van der Waals surface area contributed by atoms with E-state index in [0.29, 0.717) is 27.5 Å². The fourth-order valence-corrected chi connectivity index (χ4v) is 2.33. The lowest BCUT2D eigenvalue weighted by Crippen LogP contribution is -2.05. The van der Waals surface area contributed by atoms with E-state index in [1.165, 1.54) is 19.2 Å². The standard InChI is InChI=1S/C15H14ClFO2/c1-9-8-10(17)6-7-11(9)15(18)14-12(16)4-3-5-13(14)19-2/h3-8,15,18H,1-2H3. The quantitative estimate of drug-likeness (QED) is 0.924. The third-order valence-corrected chi connectivity index (χ3v) is 3.36. The summed E-state index contributed by atoms with van der Waals surface area (Å²) in [5, 5.41) is 10.9. The highest BCUT2D eigenvalue weighted by Gasteiger charge is 2.20. The van der Waals surface area contributed by atoms with Crippen molar-refractivity contribution in [1.29, 1.82) is 0 Å². The predicted molar refractivity (Wildman–Crippen MR) is 73.2 cm³/mol. The van der Waals surface area contributed by atoms with Crippen molar-refractivity contribution < 1.29 is 14.2 Å². The van der Waals surface area contributed by atoms with Crippen LogP contribution in [0.5, 0.6) is 5.75 Å². The monoisotopic (exact) mass is 280 g/mol. The van der Waals surface area contributed by atoms with Crippen molar-refractivity contribution in [2.24, 2.45) is 0 Å². The molecule has 0 saturated heterocycles. The van der Waals surface area contributed by atoms with Crippen molar-refractivity contribution >= 4 is 11.6 Å². The first-order valence-corrected chi connectivity index (χ1v) is 6.19. The molecule has 0 fully saturated rings. The van der Waals surface area contributed by atoms with E-state index in [1.807, 2.05) is 0 Å². The SMILES string of the molecule is COc1cccc(Cl)c1C(O)c1ccc(F)cc1C. The summed E-state index contributed by atoms with van der Waals surface area (Å²) in [6, 6.07) is 9.40. The Labute approximate surface area is 116 Å². The molecule has 0 saturated carbocycles. The number of aliphatic hydroxyl groups excluding tert-OH is 1. The van der Waals surface area contributed by atoms with Gasteiger partial charge in [0, 0.05) is 5.56 Å². The summed E-state index contributed by atoms with van der Waals surface area (Å²) in [6.45, 7) is 1.74. The maximum atomic E-state index is 13.1. The van der Waals surface area contributed by atoms with Gasteiger partial charge in [-0.15, -0.1) is 0 Å². The Bertz CT molecular complexity index is 599. The van der Waals surface area contributed by atoms with Gasteiger partial charge in [-0.3, -0.25) is 0 Å². The van der Waals surface area contributed by atoms with Crippen LogP contribution < -0.4 is 4.74 Å². The molecule has 2 rings (SSSR count). The van der Waals surface area contributed by atoms with Crippen LogP contribution in [-0.2, 0) is 0 Å². The number of halogens is 2. The van der Waals surface area contributed by atoms with Gasteiger partial charge in [0.1, 0.15) is 17.7 Å². The lowest BCUT2D eigenvalue weighted by molar-refractivity contribution is 0.214. The molecule has 0 spiro atoms. The van der Waals surface area contributed by atoms with Crippen LogP contribution in [0.25, 0.3) is 0 Å². The van der Waals surface area contributed by atoms with Crippen LogP contribution in [0, 0.1) is 12.7 Å². The Morgan fingerprint density at radius 3 is 2.63 bits per heavy atom. The first kappa shape index (κ1) is 13.8. The highest BCUT2D eigenvalue weighted by atomic mass is 35.5. The van der Waals surface area contributed by atoms with E-state index in [-0.39, 0.29) is 5.82 Å². The minimum atomic E-state index is -0.954. The molecule has 0 aromatic heterocycles. The Morgan fingerprint density at radius 1 is 1.26 bits per heavy atom. The average Bonchev–Trinajstić information content (AvgIpc) is 2.37. The van der Waals surface area contributed by atoms with E-state index >= 15 is 0 Å². The molecule has 0 bridgehead atoms. The van der Waals surface area contributed by atoms with Gasteiger partial charge in [-0.25, -0.2) is 4.39 Å². The van der Waals surface area contributed by atoms with Crippen molar-refractivity contribution in [2.45, 2.75) is 13.0 Å². The lowest BCUT2D eigenvalue weighted by Gasteiger charge is -2.18. The second kappa shape index (κ2) is 5.59. The maximum absolute atomic E-state index is 13.1. The molecular weight excluding hydrogens is 267 g/mol.